The van der Waals surface area contributed by atoms with Crippen LogP contribution in [0, 0.1) is 0 Å². The van der Waals surface area contributed by atoms with Crippen LogP contribution in [-0.4, -0.2) is 37.1 Å². The third-order valence-corrected chi connectivity index (χ3v) is 6.45. The lowest BCUT2D eigenvalue weighted by atomic mass is 10.00. The molecule has 172 valence electrons. The second-order valence-corrected chi connectivity index (χ2v) is 8.84. The molecule has 0 N–H and O–H groups in total. The number of anilines is 1. The van der Waals surface area contributed by atoms with E-state index in [1.807, 2.05) is 13.0 Å². The number of piperazine rings is 1. The summed E-state index contributed by atoms with van der Waals surface area (Å²) in [5, 5.41) is 0.730. The number of hydrogen-bond donors (Lipinski definition) is 0. The maximum atomic E-state index is 11.7. The second kappa shape index (κ2) is 11.4. The van der Waals surface area contributed by atoms with Crippen LogP contribution in [0.3, 0.4) is 0 Å². The maximum absolute atomic E-state index is 11.7. The lowest BCUT2D eigenvalue weighted by Gasteiger charge is -2.43. The summed E-state index contributed by atoms with van der Waals surface area (Å²) < 4.78 is 5.04. The minimum Gasteiger partial charge on any atom is -0.466 e. The van der Waals surface area contributed by atoms with Gasteiger partial charge in [0.2, 0.25) is 0 Å². The molecule has 0 unspecified atom stereocenters. The first-order valence-corrected chi connectivity index (χ1v) is 12.0. The molecule has 0 saturated carbocycles. The highest BCUT2D eigenvalue weighted by Gasteiger charge is 2.29. The molecule has 0 aromatic heterocycles. The van der Waals surface area contributed by atoms with E-state index < -0.39 is 0 Å². The largest absolute Gasteiger partial charge is 0.466 e. The number of nitrogens with zero attached hydrogens (tertiary/aromatic N) is 2. The van der Waals surface area contributed by atoms with Crippen LogP contribution in [0.25, 0.3) is 0 Å². The van der Waals surface area contributed by atoms with Crippen molar-refractivity contribution in [1.82, 2.24) is 4.90 Å². The number of carbonyl (C=O) groups excluding carboxylic acids is 1. The summed E-state index contributed by atoms with van der Waals surface area (Å²) in [7, 11) is 0. The second-order valence-electron chi connectivity index (χ2n) is 8.43. The lowest BCUT2D eigenvalue weighted by Crippen LogP contribution is -2.48. The van der Waals surface area contributed by atoms with Crippen molar-refractivity contribution in [1.29, 1.82) is 0 Å². The minimum absolute atomic E-state index is 0.170. The van der Waals surface area contributed by atoms with Gasteiger partial charge >= 0.3 is 5.97 Å². The summed E-state index contributed by atoms with van der Waals surface area (Å²) in [6, 6.07) is 27.7. The Balaban J connectivity index is 1.52. The Labute approximate surface area is 201 Å². The fourth-order valence-corrected chi connectivity index (χ4v) is 4.80. The van der Waals surface area contributed by atoms with Gasteiger partial charge in [0.1, 0.15) is 0 Å². The molecular formula is C28H31ClN2O2. The Morgan fingerprint density at radius 3 is 2.39 bits per heavy atom. The number of carbonyl (C=O) groups is 1. The fraction of sp³-hybridized carbons (Fsp3) is 0.321. The number of rotatable bonds is 8. The molecule has 1 saturated heterocycles. The first-order chi connectivity index (χ1) is 16.1. The molecule has 1 aliphatic rings. The van der Waals surface area contributed by atoms with E-state index in [0.29, 0.717) is 19.4 Å². The van der Waals surface area contributed by atoms with Crippen molar-refractivity contribution in [2.75, 3.05) is 31.1 Å². The van der Waals surface area contributed by atoms with Gasteiger partial charge in [-0.1, -0.05) is 78.3 Å². The van der Waals surface area contributed by atoms with Crippen LogP contribution in [0.4, 0.5) is 5.69 Å². The van der Waals surface area contributed by atoms with Crippen LogP contribution < -0.4 is 4.90 Å². The van der Waals surface area contributed by atoms with Gasteiger partial charge in [0.15, 0.2) is 0 Å². The zero-order chi connectivity index (χ0) is 23.0. The average molecular weight is 463 g/mol. The third-order valence-electron chi connectivity index (χ3n) is 6.14. The van der Waals surface area contributed by atoms with Gasteiger partial charge in [0.05, 0.1) is 23.4 Å². The van der Waals surface area contributed by atoms with Crippen molar-refractivity contribution in [3.05, 3.63) is 101 Å². The van der Waals surface area contributed by atoms with E-state index in [0.717, 1.165) is 42.5 Å². The molecule has 0 spiro atoms. The summed E-state index contributed by atoms with van der Waals surface area (Å²) >= 11 is 6.79. The molecule has 4 nitrogen and oxygen atoms in total. The predicted molar refractivity (Wildman–Crippen MR) is 135 cm³/mol. The van der Waals surface area contributed by atoms with Crippen LogP contribution in [0.1, 0.15) is 36.1 Å². The zero-order valence-electron chi connectivity index (χ0n) is 19.1. The van der Waals surface area contributed by atoms with Crippen LogP contribution in [0.5, 0.6) is 0 Å². The standard InChI is InChI=1S/C28H31ClN2O2/c1-2-33-28(32)16-14-22-13-15-26(25(29)19-22)31-18-17-30(20-23-9-5-3-6-10-23)21-27(31)24-11-7-4-8-12-24/h3-13,15,19,27H,2,14,16-18,20-21H2,1H3/t27-/m0/s1. The minimum atomic E-state index is -0.170. The normalized spacial score (nSPS) is 16.5. The van der Waals surface area contributed by atoms with Gasteiger partial charge in [-0.05, 0) is 42.2 Å². The average Bonchev–Trinajstić information content (AvgIpc) is 2.84. The predicted octanol–water partition coefficient (Wildman–Crippen LogP) is 5.90. The van der Waals surface area contributed by atoms with Crippen LogP contribution in [0.2, 0.25) is 5.02 Å². The third kappa shape index (κ3) is 6.16. The molecule has 0 bridgehead atoms. The van der Waals surface area contributed by atoms with Crippen molar-refractivity contribution >= 4 is 23.3 Å². The molecule has 0 amide bonds. The van der Waals surface area contributed by atoms with E-state index in [1.54, 1.807) is 0 Å². The zero-order valence-corrected chi connectivity index (χ0v) is 19.9. The smallest absolute Gasteiger partial charge is 0.306 e. The topological polar surface area (TPSA) is 32.8 Å². The quantitative estimate of drug-likeness (QED) is 0.390. The SMILES string of the molecule is CCOC(=O)CCc1ccc(N2CCN(Cc3ccccc3)C[C@H]2c2ccccc2)c(Cl)c1. The summed E-state index contributed by atoms with van der Waals surface area (Å²) in [6.07, 6.45) is 1.00. The van der Waals surface area contributed by atoms with E-state index in [1.165, 1.54) is 11.1 Å². The molecule has 5 heteroatoms. The van der Waals surface area contributed by atoms with Crippen molar-refractivity contribution in [2.45, 2.75) is 32.4 Å². The number of hydrogen-bond acceptors (Lipinski definition) is 4. The molecule has 1 heterocycles. The van der Waals surface area contributed by atoms with E-state index in [4.69, 9.17) is 16.3 Å². The Morgan fingerprint density at radius 1 is 0.970 bits per heavy atom. The molecule has 0 aliphatic carbocycles. The first-order valence-electron chi connectivity index (χ1n) is 11.7. The summed E-state index contributed by atoms with van der Waals surface area (Å²) in [5.41, 5.74) is 4.72. The molecule has 1 fully saturated rings. The van der Waals surface area contributed by atoms with Crippen molar-refractivity contribution in [2.24, 2.45) is 0 Å². The summed E-state index contributed by atoms with van der Waals surface area (Å²) in [6.45, 7) is 5.98. The van der Waals surface area contributed by atoms with Gasteiger partial charge in [-0.3, -0.25) is 9.69 Å². The maximum Gasteiger partial charge on any atom is 0.306 e. The fourth-order valence-electron chi connectivity index (χ4n) is 4.49. The number of esters is 1. The Hall–Kier alpha value is -2.82. The molecule has 1 atom stereocenters. The molecule has 3 aromatic carbocycles. The van der Waals surface area contributed by atoms with Gasteiger partial charge < -0.3 is 9.64 Å². The van der Waals surface area contributed by atoms with Crippen LogP contribution in [-0.2, 0) is 22.5 Å². The highest BCUT2D eigenvalue weighted by Crippen LogP contribution is 2.36. The molecule has 33 heavy (non-hydrogen) atoms. The number of ether oxygens (including phenoxy) is 1. The first kappa shape index (κ1) is 23.3. The molecule has 0 radical (unpaired) electrons. The van der Waals surface area contributed by atoms with E-state index in [-0.39, 0.29) is 12.0 Å². The lowest BCUT2D eigenvalue weighted by molar-refractivity contribution is -0.143. The molecule has 3 aromatic rings. The number of halogens is 1. The molecule has 1 aliphatic heterocycles. The Morgan fingerprint density at radius 2 is 1.70 bits per heavy atom. The summed E-state index contributed by atoms with van der Waals surface area (Å²) in [5.74, 6) is -0.170. The van der Waals surface area contributed by atoms with Crippen molar-refractivity contribution in [3.63, 3.8) is 0 Å². The van der Waals surface area contributed by atoms with Crippen molar-refractivity contribution < 1.29 is 9.53 Å². The highest BCUT2D eigenvalue weighted by molar-refractivity contribution is 6.33. The van der Waals surface area contributed by atoms with E-state index in [2.05, 4.69) is 82.6 Å². The highest BCUT2D eigenvalue weighted by atomic mass is 35.5. The number of aryl methyl sites for hydroxylation is 1. The van der Waals surface area contributed by atoms with E-state index in [9.17, 15) is 4.79 Å². The van der Waals surface area contributed by atoms with Crippen molar-refractivity contribution in [3.8, 4) is 0 Å². The van der Waals surface area contributed by atoms with Gasteiger partial charge in [0, 0.05) is 32.6 Å². The van der Waals surface area contributed by atoms with Gasteiger partial charge in [0.25, 0.3) is 0 Å². The molecular weight excluding hydrogens is 432 g/mol. The van der Waals surface area contributed by atoms with Crippen LogP contribution in [0.15, 0.2) is 78.9 Å². The number of benzene rings is 3. The van der Waals surface area contributed by atoms with Gasteiger partial charge in [-0.2, -0.15) is 0 Å². The van der Waals surface area contributed by atoms with E-state index >= 15 is 0 Å². The van der Waals surface area contributed by atoms with Crippen LogP contribution >= 0.6 is 11.6 Å². The van der Waals surface area contributed by atoms with Gasteiger partial charge in [-0.25, -0.2) is 0 Å². The molecule has 4 rings (SSSR count). The Bertz CT molecular complexity index is 1040. The van der Waals surface area contributed by atoms with Gasteiger partial charge in [-0.15, -0.1) is 0 Å². The monoisotopic (exact) mass is 462 g/mol. The Kier molecular flexibility index (Phi) is 8.03. The summed E-state index contributed by atoms with van der Waals surface area (Å²) in [4.78, 5) is 16.7.